The maximum absolute atomic E-state index is 12.7. The van der Waals surface area contributed by atoms with Crippen molar-refractivity contribution in [2.24, 2.45) is 0 Å². The molecule has 0 atom stereocenters. The predicted octanol–water partition coefficient (Wildman–Crippen LogP) is 2.58. The Kier molecular flexibility index (Phi) is 5.53. The van der Waals surface area contributed by atoms with E-state index in [0.29, 0.717) is 5.69 Å². The number of phenolic OH excluding ortho intramolecular Hbond substituents is 4. The third kappa shape index (κ3) is 4.42. The molecule has 0 saturated carbocycles. The SMILES string of the molecule is O=C(Cn1cc(COc2cc(O)c3c(=O)c4cc(O)ccc4oc3c2)nn1)Nc1ccc(O)cc1O. The normalized spacial score (nSPS) is 11.1. The minimum atomic E-state index is -0.493. The summed E-state index contributed by atoms with van der Waals surface area (Å²) >= 11 is 0. The smallest absolute Gasteiger partial charge is 0.246 e. The average Bonchev–Trinajstić information content (AvgIpc) is 3.27. The zero-order chi connectivity index (χ0) is 25.4. The summed E-state index contributed by atoms with van der Waals surface area (Å²) in [4.78, 5) is 25.0. The van der Waals surface area contributed by atoms with E-state index < -0.39 is 11.3 Å². The molecule has 0 aliphatic rings. The number of anilines is 1. The van der Waals surface area contributed by atoms with Gasteiger partial charge in [-0.25, -0.2) is 4.68 Å². The van der Waals surface area contributed by atoms with Gasteiger partial charge in [-0.15, -0.1) is 5.10 Å². The van der Waals surface area contributed by atoms with E-state index in [1.165, 1.54) is 53.3 Å². The van der Waals surface area contributed by atoms with Gasteiger partial charge in [0.05, 0.1) is 17.3 Å². The van der Waals surface area contributed by atoms with Gasteiger partial charge in [-0.1, -0.05) is 5.21 Å². The quantitative estimate of drug-likeness (QED) is 0.135. The van der Waals surface area contributed by atoms with Crippen LogP contribution in [0.4, 0.5) is 5.69 Å². The summed E-state index contributed by atoms with van der Waals surface area (Å²) < 4.78 is 12.6. The van der Waals surface area contributed by atoms with Gasteiger partial charge in [0.15, 0.2) is 0 Å². The Bertz CT molecular complexity index is 1690. The summed E-state index contributed by atoms with van der Waals surface area (Å²) in [6.45, 7) is -0.255. The van der Waals surface area contributed by atoms with Crippen molar-refractivity contribution < 1.29 is 34.4 Å². The van der Waals surface area contributed by atoms with Gasteiger partial charge < -0.3 is 34.9 Å². The van der Waals surface area contributed by atoms with Gasteiger partial charge in [-0.3, -0.25) is 9.59 Å². The van der Waals surface area contributed by atoms with Crippen LogP contribution >= 0.6 is 0 Å². The molecule has 182 valence electrons. The van der Waals surface area contributed by atoms with Crippen molar-refractivity contribution in [2.75, 3.05) is 5.32 Å². The molecule has 1 amide bonds. The number of amides is 1. The Balaban J connectivity index is 1.28. The lowest BCUT2D eigenvalue weighted by atomic mass is 10.1. The first-order valence-corrected chi connectivity index (χ1v) is 10.5. The monoisotopic (exact) mass is 490 g/mol. The second-order valence-corrected chi connectivity index (χ2v) is 7.87. The topological polar surface area (TPSA) is 180 Å². The molecule has 0 bridgehead atoms. The number of hydrogen-bond acceptors (Lipinski definition) is 10. The molecule has 0 aliphatic heterocycles. The van der Waals surface area contributed by atoms with Gasteiger partial charge in [0.1, 0.15) is 64.1 Å². The highest BCUT2D eigenvalue weighted by molar-refractivity contribution is 5.94. The maximum atomic E-state index is 12.7. The Hall–Kier alpha value is -5.26. The van der Waals surface area contributed by atoms with Crippen LogP contribution in [0.1, 0.15) is 5.69 Å². The second kappa shape index (κ2) is 8.83. The van der Waals surface area contributed by atoms with Gasteiger partial charge in [0.25, 0.3) is 0 Å². The van der Waals surface area contributed by atoms with Crippen LogP contribution in [0.5, 0.6) is 28.7 Å². The van der Waals surface area contributed by atoms with Crippen LogP contribution in [0, 0.1) is 0 Å². The lowest BCUT2D eigenvalue weighted by molar-refractivity contribution is -0.116. The van der Waals surface area contributed by atoms with Crippen molar-refractivity contribution in [3.8, 4) is 28.7 Å². The predicted molar refractivity (Wildman–Crippen MR) is 126 cm³/mol. The number of carbonyl (C=O) groups excluding carboxylic acids is 1. The van der Waals surface area contributed by atoms with Gasteiger partial charge >= 0.3 is 0 Å². The lowest BCUT2D eigenvalue weighted by Crippen LogP contribution is -2.19. The van der Waals surface area contributed by atoms with E-state index in [2.05, 4.69) is 15.6 Å². The zero-order valence-electron chi connectivity index (χ0n) is 18.4. The summed E-state index contributed by atoms with van der Waals surface area (Å²) in [5, 5.41) is 49.5. The van der Waals surface area contributed by atoms with Crippen molar-refractivity contribution >= 4 is 33.5 Å². The van der Waals surface area contributed by atoms with E-state index in [-0.39, 0.29) is 69.5 Å². The molecule has 0 fully saturated rings. The number of fused-ring (bicyclic) bond motifs is 2. The van der Waals surface area contributed by atoms with Gasteiger partial charge in [0.2, 0.25) is 11.3 Å². The van der Waals surface area contributed by atoms with Crippen LogP contribution in [0.3, 0.4) is 0 Å². The molecule has 36 heavy (non-hydrogen) atoms. The van der Waals surface area contributed by atoms with Gasteiger partial charge in [-0.05, 0) is 30.3 Å². The molecule has 0 unspecified atom stereocenters. The number of aromatic nitrogens is 3. The standard InChI is InChI=1S/C24H18N4O8/c29-13-2-4-20-16(5-13)24(34)23-19(32)7-15(8-21(23)36-20)35-11-12-9-28(27-26-12)10-22(33)25-17-3-1-14(30)6-18(17)31/h1-9,29-32H,10-11H2,(H,25,33). The van der Waals surface area contributed by atoms with Crippen molar-refractivity contribution in [3.63, 3.8) is 0 Å². The Morgan fingerprint density at radius 3 is 2.56 bits per heavy atom. The number of aromatic hydroxyl groups is 4. The number of nitrogens with one attached hydrogen (secondary N) is 1. The van der Waals surface area contributed by atoms with Crippen molar-refractivity contribution in [1.29, 1.82) is 0 Å². The molecule has 2 heterocycles. The van der Waals surface area contributed by atoms with Crippen LogP contribution in [0.2, 0.25) is 0 Å². The molecule has 0 saturated heterocycles. The molecule has 0 aliphatic carbocycles. The van der Waals surface area contributed by atoms with E-state index in [1.807, 2.05) is 0 Å². The van der Waals surface area contributed by atoms with E-state index >= 15 is 0 Å². The first-order chi connectivity index (χ1) is 17.3. The fourth-order valence-corrected chi connectivity index (χ4v) is 3.61. The molecule has 2 aromatic heterocycles. The minimum Gasteiger partial charge on any atom is -0.508 e. The van der Waals surface area contributed by atoms with E-state index in [0.717, 1.165) is 6.07 Å². The van der Waals surface area contributed by atoms with Crippen LogP contribution in [0.25, 0.3) is 21.9 Å². The Morgan fingerprint density at radius 2 is 1.75 bits per heavy atom. The largest absolute Gasteiger partial charge is 0.508 e. The van der Waals surface area contributed by atoms with Crippen molar-refractivity contribution in [1.82, 2.24) is 15.0 Å². The van der Waals surface area contributed by atoms with Crippen molar-refractivity contribution in [2.45, 2.75) is 13.2 Å². The Labute approximate surface area is 201 Å². The summed E-state index contributed by atoms with van der Waals surface area (Å²) in [5.74, 6) is -1.14. The zero-order valence-corrected chi connectivity index (χ0v) is 18.4. The van der Waals surface area contributed by atoms with Gasteiger partial charge in [0, 0.05) is 18.2 Å². The fraction of sp³-hybridized carbons (Fsp3) is 0.0833. The summed E-state index contributed by atoms with van der Waals surface area (Å²) in [5.41, 5.74) is 0.363. The highest BCUT2D eigenvalue weighted by atomic mass is 16.5. The molecule has 3 aromatic carbocycles. The van der Waals surface area contributed by atoms with Crippen LogP contribution in [-0.2, 0) is 17.9 Å². The van der Waals surface area contributed by atoms with Crippen LogP contribution in [0.15, 0.2) is 63.9 Å². The number of hydrogen-bond donors (Lipinski definition) is 5. The molecular weight excluding hydrogens is 472 g/mol. The average molecular weight is 490 g/mol. The van der Waals surface area contributed by atoms with Crippen molar-refractivity contribution in [3.05, 3.63) is 70.6 Å². The number of ether oxygens (including phenoxy) is 1. The number of nitrogens with zero attached hydrogens (tertiary/aromatic N) is 3. The van der Waals surface area contributed by atoms with Gasteiger partial charge in [-0.2, -0.15) is 0 Å². The summed E-state index contributed by atoms with van der Waals surface area (Å²) in [6, 6.07) is 10.6. The first-order valence-electron chi connectivity index (χ1n) is 10.5. The molecule has 12 heteroatoms. The number of benzene rings is 3. The lowest BCUT2D eigenvalue weighted by Gasteiger charge is -2.08. The highest BCUT2D eigenvalue weighted by Crippen LogP contribution is 2.31. The van der Waals surface area contributed by atoms with E-state index in [9.17, 15) is 30.0 Å². The van der Waals surface area contributed by atoms with E-state index in [1.54, 1.807) is 0 Å². The molecule has 0 radical (unpaired) electrons. The molecular formula is C24H18N4O8. The third-order valence-corrected chi connectivity index (χ3v) is 5.24. The molecule has 5 N–H and O–H groups in total. The number of carbonyl (C=O) groups is 1. The van der Waals surface area contributed by atoms with Crippen LogP contribution in [-0.4, -0.2) is 41.3 Å². The fourth-order valence-electron chi connectivity index (χ4n) is 3.61. The summed E-state index contributed by atoms with van der Waals surface area (Å²) in [7, 11) is 0. The molecule has 0 spiro atoms. The number of rotatable bonds is 6. The number of phenols is 4. The maximum Gasteiger partial charge on any atom is 0.246 e. The first kappa shape index (κ1) is 22.5. The molecule has 12 nitrogen and oxygen atoms in total. The summed E-state index contributed by atoms with van der Waals surface area (Å²) in [6.07, 6.45) is 1.48. The minimum absolute atomic E-state index is 0.0444. The van der Waals surface area contributed by atoms with E-state index in [4.69, 9.17) is 9.15 Å². The Morgan fingerprint density at radius 1 is 0.972 bits per heavy atom. The molecule has 5 rings (SSSR count). The van der Waals surface area contributed by atoms with Crippen LogP contribution < -0.4 is 15.5 Å². The highest BCUT2D eigenvalue weighted by Gasteiger charge is 2.15. The second-order valence-electron chi connectivity index (χ2n) is 7.87. The third-order valence-electron chi connectivity index (χ3n) is 5.24. The molecule has 5 aromatic rings.